The Labute approximate surface area is 162 Å². The fourth-order valence-electron chi connectivity index (χ4n) is 2.64. The minimum atomic E-state index is -0.103. The number of aromatic nitrogens is 4. The largest absolute Gasteiger partial charge is 0.365 e. The van der Waals surface area contributed by atoms with Crippen LogP contribution in [0, 0.1) is 11.8 Å². The minimum Gasteiger partial charge on any atom is -0.365 e. The van der Waals surface area contributed by atoms with E-state index in [-0.39, 0.29) is 5.54 Å². The van der Waals surface area contributed by atoms with Crippen molar-refractivity contribution in [1.29, 1.82) is 0 Å². The van der Waals surface area contributed by atoms with Crippen molar-refractivity contribution in [3.05, 3.63) is 65.7 Å². The van der Waals surface area contributed by atoms with Gasteiger partial charge in [-0.15, -0.1) is 11.3 Å². The Bertz CT molecular complexity index is 1140. The number of thiazole rings is 1. The molecule has 3 heterocycles. The third-order valence-electron chi connectivity index (χ3n) is 3.75. The van der Waals surface area contributed by atoms with Gasteiger partial charge in [-0.05, 0) is 38.8 Å². The second kappa shape index (κ2) is 6.86. The number of nitrogens with one attached hydrogen (secondary N) is 1. The topological polar surface area (TPSA) is 55.1 Å². The zero-order valence-electron chi connectivity index (χ0n) is 15.4. The molecule has 6 heteroatoms. The van der Waals surface area contributed by atoms with Crippen molar-refractivity contribution in [3.8, 4) is 22.4 Å². The molecular formula is C21H19N5S. The summed E-state index contributed by atoms with van der Waals surface area (Å²) in [6, 6.07) is 9.91. The average molecular weight is 373 g/mol. The van der Waals surface area contributed by atoms with Gasteiger partial charge < -0.3 is 5.32 Å². The molecular weight excluding hydrogens is 354 g/mol. The first-order valence-electron chi connectivity index (χ1n) is 8.63. The molecule has 0 saturated heterocycles. The molecule has 0 saturated carbocycles. The maximum atomic E-state index is 4.76. The Balaban J connectivity index is 1.74. The first kappa shape index (κ1) is 17.3. The van der Waals surface area contributed by atoms with Gasteiger partial charge in [-0.2, -0.15) is 0 Å². The third-order valence-corrected chi connectivity index (χ3v) is 4.67. The summed E-state index contributed by atoms with van der Waals surface area (Å²) in [5.74, 6) is 7.23. The van der Waals surface area contributed by atoms with E-state index < -0.39 is 0 Å². The molecule has 0 aliphatic rings. The number of hydrogen-bond acceptors (Lipinski definition) is 5. The molecule has 4 rings (SSSR count). The lowest BCUT2D eigenvalue weighted by atomic mass is 10.1. The van der Waals surface area contributed by atoms with Gasteiger partial charge in [-0.25, -0.2) is 9.97 Å². The highest BCUT2D eigenvalue weighted by atomic mass is 32.1. The highest BCUT2D eigenvalue weighted by molar-refractivity contribution is 7.15. The molecule has 0 bridgehead atoms. The summed E-state index contributed by atoms with van der Waals surface area (Å²) in [4.78, 5) is 14.4. The Morgan fingerprint density at radius 1 is 1.07 bits per heavy atom. The van der Waals surface area contributed by atoms with Crippen molar-refractivity contribution in [2.45, 2.75) is 26.3 Å². The van der Waals surface area contributed by atoms with E-state index >= 15 is 0 Å². The Hall–Kier alpha value is -3.17. The average Bonchev–Trinajstić information content (AvgIpc) is 3.25. The zero-order valence-corrected chi connectivity index (χ0v) is 16.2. The van der Waals surface area contributed by atoms with Gasteiger partial charge in [0, 0.05) is 29.7 Å². The van der Waals surface area contributed by atoms with E-state index in [1.165, 1.54) is 11.3 Å². The molecule has 0 amide bonds. The summed E-state index contributed by atoms with van der Waals surface area (Å²) >= 11 is 1.54. The molecule has 0 radical (unpaired) electrons. The molecule has 0 unspecified atom stereocenters. The summed E-state index contributed by atoms with van der Waals surface area (Å²) in [5, 5.41) is 4.32. The molecule has 0 atom stereocenters. The normalized spacial score (nSPS) is 11.2. The van der Waals surface area contributed by atoms with Crippen LogP contribution in [0.3, 0.4) is 0 Å². The van der Waals surface area contributed by atoms with Gasteiger partial charge in [0.05, 0.1) is 11.1 Å². The summed E-state index contributed by atoms with van der Waals surface area (Å²) in [5.41, 5.74) is 2.53. The summed E-state index contributed by atoms with van der Waals surface area (Å²) < 4.78 is 2.02. The van der Waals surface area contributed by atoms with E-state index in [2.05, 4.69) is 47.9 Å². The van der Waals surface area contributed by atoms with Gasteiger partial charge in [0.15, 0.2) is 10.7 Å². The van der Waals surface area contributed by atoms with Gasteiger partial charge in [-0.3, -0.25) is 9.38 Å². The van der Waals surface area contributed by atoms with Crippen molar-refractivity contribution in [2.75, 3.05) is 5.32 Å². The number of benzene rings is 1. The molecule has 0 aliphatic carbocycles. The van der Waals surface area contributed by atoms with Crippen LogP contribution in [0.1, 0.15) is 31.3 Å². The van der Waals surface area contributed by atoms with E-state index in [9.17, 15) is 0 Å². The van der Waals surface area contributed by atoms with Crippen LogP contribution in [-0.2, 0) is 0 Å². The van der Waals surface area contributed by atoms with Gasteiger partial charge in [0.25, 0.3) is 0 Å². The molecule has 3 aromatic heterocycles. The van der Waals surface area contributed by atoms with E-state index in [0.29, 0.717) is 0 Å². The molecule has 0 fully saturated rings. The Kier molecular flexibility index (Phi) is 4.38. The van der Waals surface area contributed by atoms with Crippen LogP contribution in [-0.4, -0.2) is 24.9 Å². The van der Waals surface area contributed by atoms with Crippen LogP contribution in [0.15, 0.2) is 55.1 Å². The van der Waals surface area contributed by atoms with Crippen LogP contribution in [0.5, 0.6) is 0 Å². The molecule has 134 valence electrons. The molecule has 5 nitrogen and oxygen atoms in total. The number of nitrogens with zero attached hydrogens (tertiary/aromatic N) is 4. The Morgan fingerprint density at radius 2 is 1.89 bits per heavy atom. The lowest BCUT2D eigenvalue weighted by Gasteiger charge is -2.22. The van der Waals surface area contributed by atoms with E-state index in [4.69, 9.17) is 4.98 Å². The van der Waals surface area contributed by atoms with E-state index in [0.717, 1.165) is 32.6 Å². The number of rotatable bonds is 2. The van der Waals surface area contributed by atoms with E-state index in [1.54, 1.807) is 12.4 Å². The number of anilines is 1. The summed E-state index contributed by atoms with van der Waals surface area (Å²) in [6.45, 7) is 6.38. The van der Waals surface area contributed by atoms with E-state index in [1.807, 2.05) is 47.1 Å². The minimum absolute atomic E-state index is 0.103. The number of hydrogen-bond donors (Lipinski definition) is 1. The van der Waals surface area contributed by atoms with Crippen molar-refractivity contribution < 1.29 is 0 Å². The number of fused-ring (bicyclic) bond motifs is 1. The molecule has 0 spiro atoms. The second-order valence-electron chi connectivity index (χ2n) is 7.13. The fraction of sp³-hybridized carbons (Fsp3) is 0.190. The fourth-order valence-corrected chi connectivity index (χ4v) is 3.40. The van der Waals surface area contributed by atoms with Crippen molar-refractivity contribution in [3.63, 3.8) is 0 Å². The van der Waals surface area contributed by atoms with Gasteiger partial charge in [-0.1, -0.05) is 24.1 Å². The zero-order chi connectivity index (χ0) is 18.9. The molecule has 4 aromatic rings. The van der Waals surface area contributed by atoms with Crippen LogP contribution < -0.4 is 5.32 Å². The first-order chi connectivity index (χ1) is 13.0. The highest BCUT2D eigenvalue weighted by Gasteiger charge is 2.20. The molecule has 1 aromatic carbocycles. The monoisotopic (exact) mass is 373 g/mol. The SMILES string of the molecule is CC(C)(C)Nc1c(-c2cnc(C#Cc3ccccc3)s2)nc2cnccn12. The van der Waals surface area contributed by atoms with Crippen molar-refractivity contribution in [2.24, 2.45) is 0 Å². The maximum absolute atomic E-state index is 4.76. The lowest BCUT2D eigenvalue weighted by molar-refractivity contribution is 0.629. The third kappa shape index (κ3) is 3.83. The molecule has 1 N–H and O–H groups in total. The quantitative estimate of drug-likeness (QED) is 0.527. The first-order valence-corrected chi connectivity index (χ1v) is 9.45. The summed E-state index contributed by atoms with van der Waals surface area (Å²) in [6.07, 6.45) is 7.27. The van der Waals surface area contributed by atoms with Crippen LogP contribution in [0.4, 0.5) is 5.82 Å². The predicted molar refractivity (Wildman–Crippen MR) is 110 cm³/mol. The van der Waals surface area contributed by atoms with Crippen LogP contribution in [0.25, 0.3) is 16.2 Å². The predicted octanol–water partition coefficient (Wildman–Crippen LogP) is 4.46. The standard InChI is InChI=1S/C21H19N5S/c1-21(2,3)25-20-19(24-17-14-22-11-12-26(17)20)16-13-23-18(27-16)10-9-15-7-5-4-6-8-15/h4-8,11-14,25H,1-3H3. The Morgan fingerprint density at radius 3 is 2.67 bits per heavy atom. The van der Waals surface area contributed by atoms with Crippen molar-refractivity contribution in [1.82, 2.24) is 19.4 Å². The maximum Gasteiger partial charge on any atom is 0.167 e. The van der Waals surface area contributed by atoms with Crippen LogP contribution >= 0.6 is 11.3 Å². The number of imidazole rings is 1. The van der Waals surface area contributed by atoms with Crippen LogP contribution in [0.2, 0.25) is 0 Å². The molecule has 27 heavy (non-hydrogen) atoms. The highest BCUT2D eigenvalue weighted by Crippen LogP contribution is 2.33. The van der Waals surface area contributed by atoms with Gasteiger partial charge >= 0.3 is 0 Å². The second-order valence-corrected chi connectivity index (χ2v) is 8.16. The van der Waals surface area contributed by atoms with Crippen molar-refractivity contribution >= 4 is 22.8 Å². The summed E-state index contributed by atoms with van der Waals surface area (Å²) in [7, 11) is 0. The smallest absolute Gasteiger partial charge is 0.167 e. The lowest BCUT2D eigenvalue weighted by Crippen LogP contribution is -2.27. The van der Waals surface area contributed by atoms with Gasteiger partial charge in [0.2, 0.25) is 0 Å². The molecule has 0 aliphatic heterocycles. The van der Waals surface area contributed by atoms with Gasteiger partial charge in [0.1, 0.15) is 11.5 Å².